The number of halogens is 1. The van der Waals surface area contributed by atoms with Crippen molar-refractivity contribution in [3.8, 4) is 5.75 Å². The molecule has 3 heteroatoms. The van der Waals surface area contributed by atoms with Crippen LogP contribution < -0.4 is 4.74 Å². The van der Waals surface area contributed by atoms with E-state index < -0.39 is 5.82 Å². The molecule has 1 heterocycles. The van der Waals surface area contributed by atoms with Gasteiger partial charge in [-0.1, -0.05) is 18.2 Å². The number of fused-ring (bicyclic) bond motifs is 1. The molecule has 2 aromatic rings. The van der Waals surface area contributed by atoms with Crippen LogP contribution in [0.25, 0.3) is 0 Å². The summed E-state index contributed by atoms with van der Waals surface area (Å²) in [6, 6.07) is 10.1. The monoisotopic (exact) mass is 270 g/mol. The van der Waals surface area contributed by atoms with Crippen LogP contribution in [0.3, 0.4) is 0 Å². The number of Topliss-reactive ketones (excluding diaryl/α,β-unsaturated/α-hetero) is 1. The van der Waals surface area contributed by atoms with Crippen molar-refractivity contribution >= 4 is 5.78 Å². The van der Waals surface area contributed by atoms with E-state index in [0.717, 1.165) is 16.7 Å². The molecular weight excluding hydrogens is 255 g/mol. The van der Waals surface area contributed by atoms with E-state index in [-0.39, 0.29) is 18.3 Å². The number of ether oxygens (including phenoxy) is 1. The molecule has 0 radical (unpaired) electrons. The molecule has 0 saturated heterocycles. The van der Waals surface area contributed by atoms with E-state index in [0.29, 0.717) is 11.3 Å². The molecule has 0 aliphatic carbocycles. The fourth-order valence-electron chi connectivity index (χ4n) is 2.79. The molecule has 1 atom stereocenters. The fourth-order valence-corrected chi connectivity index (χ4v) is 2.79. The Kier molecular flexibility index (Phi) is 3.05. The van der Waals surface area contributed by atoms with Gasteiger partial charge in [-0.05, 0) is 48.7 Å². The number of benzene rings is 2. The summed E-state index contributed by atoms with van der Waals surface area (Å²) < 4.78 is 19.1. The predicted octanol–water partition coefficient (Wildman–Crippen LogP) is 4.15. The molecule has 2 nitrogen and oxygen atoms in total. The highest BCUT2D eigenvalue weighted by atomic mass is 19.1. The first-order valence-electron chi connectivity index (χ1n) is 6.62. The second kappa shape index (κ2) is 4.75. The first-order chi connectivity index (χ1) is 9.56. The van der Waals surface area contributed by atoms with Crippen molar-refractivity contribution in [3.63, 3.8) is 0 Å². The maximum atomic E-state index is 13.2. The van der Waals surface area contributed by atoms with Crippen molar-refractivity contribution < 1.29 is 13.9 Å². The topological polar surface area (TPSA) is 26.3 Å². The molecule has 1 unspecified atom stereocenters. The van der Waals surface area contributed by atoms with E-state index in [2.05, 4.69) is 0 Å². The molecule has 1 aliphatic rings. The van der Waals surface area contributed by atoms with Crippen LogP contribution in [0.15, 0.2) is 36.4 Å². The lowest BCUT2D eigenvalue weighted by Crippen LogP contribution is -2.22. The number of aryl methyl sites for hydroxylation is 2. The molecule has 0 amide bonds. The zero-order valence-corrected chi connectivity index (χ0v) is 11.4. The van der Waals surface area contributed by atoms with Crippen molar-refractivity contribution in [2.75, 3.05) is 0 Å². The summed E-state index contributed by atoms with van der Waals surface area (Å²) in [6.07, 6.45) is -0.0380. The van der Waals surface area contributed by atoms with E-state index >= 15 is 0 Å². The average molecular weight is 270 g/mol. The Balaban J connectivity index is 2.04. The maximum Gasteiger partial charge on any atom is 0.170 e. The zero-order chi connectivity index (χ0) is 14.3. The molecule has 1 aliphatic heterocycles. The molecule has 0 bridgehead atoms. The number of carbonyl (C=O) groups is 1. The van der Waals surface area contributed by atoms with Crippen molar-refractivity contribution in [1.29, 1.82) is 0 Å². The van der Waals surface area contributed by atoms with Crippen molar-refractivity contribution in [2.24, 2.45) is 0 Å². The molecule has 0 aromatic heterocycles. The van der Waals surface area contributed by atoms with Crippen molar-refractivity contribution in [2.45, 2.75) is 26.4 Å². The highest BCUT2D eigenvalue weighted by molar-refractivity contribution is 6.00. The lowest BCUT2D eigenvalue weighted by molar-refractivity contribution is 0.0848. The van der Waals surface area contributed by atoms with Crippen LogP contribution in [0.1, 0.15) is 39.6 Å². The fraction of sp³-hybridized carbons (Fsp3) is 0.235. The second-order valence-corrected chi connectivity index (χ2v) is 5.18. The Morgan fingerprint density at radius 3 is 2.55 bits per heavy atom. The first kappa shape index (κ1) is 12.9. The lowest BCUT2D eigenvalue weighted by atomic mass is 9.91. The highest BCUT2D eigenvalue weighted by Gasteiger charge is 2.29. The van der Waals surface area contributed by atoms with E-state index in [1.165, 1.54) is 18.2 Å². The second-order valence-electron chi connectivity index (χ2n) is 5.18. The normalized spacial score (nSPS) is 17.6. The summed E-state index contributed by atoms with van der Waals surface area (Å²) in [5.41, 5.74) is 3.60. The van der Waals surface area contributed by atoms with Gasteiger partial charge in [-0.3, -0.25) is 4.79 Å². The summed E-state index contributed by atoms with van der Waals surface area (Å²) in [7, 11) is 0. The predicted molar refractivity (Wildman–Crippen MR) is 74.6 cm³/mol. The van der Waals surface area contributed by atoms with Gasteiger partial charge in [0, 0.05) is 0 Å². The van der Waals surface area contributed by atoms with Crippen LogP contribution in [0.4, 0.5) is 4.39 Å². The van der Waals surface area contributed by atoms with Gasteiger partial charge in [0.25, 0.3) is 0 Å². The number of carbonyl (C=O) groups excluding carboxylic acids is 1. The molecule has 3 rings (SSSR count). The Morgan fingerprint density at radius 1 is 1.15 bits per heavy atom. The van der Waals surface area contributed by atoms with Crippen molar-refractivity contribution in [1.82, 2.24) is 0 Å². The van der Waals surface area contributed by atoms with Gasteiger partial charge in [-0.15, -0.1) is 0 Å². The van der Waals surface area contributed by atoms with Crippen LogP contribution in [0.2, 0.25) is 0 Å². The van der Waals surface area contributed by atoms with Gasteiger partial charge in [0.05, 0.1) is 12.0 Å². The minimum absolute atomic E-state index is 0.0709. The minimum atomic E-state index is -0.411. The van der Waals surface area contributed by atoms with E-state index in [4.69, 9.17) is 4.74 Å². The zero-order valence-electron chi connectivity index (χ0n) is 11.4. The first-order valence-corrected chi connectivity index (χ1v) is 6.62. The van der Waals surface area contributed by atoms with Gasteiger partial charge in [0.2, 0.25) is 0 Å². The molecule has 0 N–H and O–H groups in total. The van der Waals surface area contributed by atoms with Gasteiger partial charge in [-0.2, -0.15) is 0 Å². The molecule has 0 fully saturated rings. The Labute approximate surface area is 117 Å². The summed E-state index contributed by atoms with van der Waals surface area (Å²) >= 11 is 0. The minimum Gasteiger partial charge on any atom is -0.484 e. The molecule has 0 spiro atoms. The van der Waals surface area contributed by atoms with E-state index in [9.17, 15) is 9.18 Å². The van der Waals surface area contributed by atoms with E-state index in [1.807, 2.05) is 32.0 Å². The molecule has 0 saturated carbocycles. The highest BCUT2D eigenvalue weighted by Crippen LogP contribution is 2.37. The number of hydrogen-bond donors (Lipinski definition) is 0. The average Bonchev–Trinajstić information content (AvgIpc) is 2.39. The van der Waals surface area contributed by atoms with Gasteiger partial charge in [-0.25, -0.2) is 4.39 Å². The summed E-state index contributed by atoms with van der Waals surface area (Å²) in [5.74, 6) is -0.0140. The van der Waals surface area contributed by atoms with Gasteiger partial charge in [0.15, 0.2) is 5.78 Å². The van der Waals surface area contributed by atoms with Crippen LogP contribution >= 0.6 is 0 Å². The largest absolute Gasteiger partial charge is 0.484 e. The smallest absolute Gasteiger partial charge is 0.170 e. The number of rotatable bonds is 1. The van der Waals surface area contributed by atoms with Gasteiger partial charge >= 0.3 is 0 Å². The van der Waals surface area contributed by atoms with Crippen LogP contribution in [0.5, 0.6) is 5.75 Å². The summed E-state index contributed by atoms with van der Waals surface area (Å²) in [5, 5.41) is 0. The van der Waals surface area contributed by atoms with Crippen LogP contribution in [-0.2, 0) is 0 Å². The Hall–Kier alpha value is -2.16. The molecular formula is C17H15FO2. The van der Waals surface area contributed by atoms with Crippen LogP contribution in [0, 0.1) is 19.7 Å². The maximum absolute atomic E-state index is 13.2. The quantitative estimate of drug-likeness (QED) is 0.778. The number of ketones is 1. The van der Waals surface area contributed by atoms with Gasteiger partial charge in [0.1, 0.15) is 17.7 Å². The Bertz CT molecular complexity index is 671. The number of hydrogen-bond acceptors (Lipinski definition) is 2. The third kappa shape index (κ3) is 2.09. The SMILES string of the molecule is Cc1cccc(C)c1C1CC(=O)c2cc(F)ccc2O1. The lowest BCUT2D eigenvalue weighted by Gasteiger charge is -2.27. The van der Waals surface area contributed by atoms with Crippen molar-refractivity contribution in [3.05, 3.63) is 64.5 Å². The summed E-state index contributed by atoms with van der Waals surface area (Å²) in [6.45, 7) is 4.02. The third-order valence-corrected chi connectivity index (χ3v) is 3.75. The third-order valence-electron chi connectivity index (χ3n) is 3.75. The van der Waals surface area contributed by atoms with Crippen LogP contribution in [-0.4, -0.2) is 5.78 Å². The molecule has 2 aromatic carbocycles. The summed E-state index contributed by atoms with van der Waals surface area (Å²) in [4.78, 5) is 12.2. The van der Waals surface area contributed by atoms with E-state index in [1.54, 1.807) is 0 Å². The standard InChI is InChI=1S/C17H15FO2/c1-10-4-3-5-11(2)17(10)16-9-14(19)13-8-12(18)6-7-15(13)20-16/h3-8,16H,9H2,1-2H3. The Morgan fingerprint density at radius 2 is 1.85 bits per heavy atom. The van der Waals surface area contributed by atoms with Gasteiger partial charge < -0.3 is 4.74 Å². The molecule has 102 valence electrons. The molecule has 20 heavy (non-hydrogen) atoms.